The Balaban J connectivity index is 2.15. The Morgan fingerprint density at radius 3 is 3.00 bits per heavy atom. The van der Waals surface area contributed by atoms with Crippen LogP contribution in [0.4, 0.5) is 0 Å². The van der Waals surface area contributed by atoms with Gasteiger partial charge in [-0.05, 0) is 6.07 Å². The van der Waals surface area contributed by atoms with Gasteiger partial charge in [0.1, 0.15) is 5.82 Å². The van der Waals surface area contributed by atoms with Crippen LogP contribution in [0.15, 0.2) is 30.5 Å². The van der Waals surface area contributed by atoms with Crippen LogP contribution in [0.3, 0.4) is 0 Å². The van der Waals surface area contributed by atoms with E-state index in [1.165, 1.54) is 0 Å². The molecule has 4 nitrogen and oxygen atoms in total. The van der Waals surface area contributed by atoms with Crippen molar-refractivity contribution in [2.45, 2.75) is 6.42 Å². The van der Waals surface area contributed by atoms with Crippen LogP contribution in [-0.4, -0.2) is 15.0 Å². The molecule has 0 unspecified atom stereocenters. The number of imidazole rings is 1. The first kappa shape index (κ1) is 10.9. The van der Waals surface area contributed by atoms with E-state index >= 15 is 0 Å². The molecule has 2 aromatic heterocycles. The normalized spacial score (nSPS) is 10.7. The van der Waals surface area contributed by atoms with Crippen LogP contribution in [0.5, 0.6) is 0 Å². The van der Waals surface area contributed by atoms with Gasteiger partial charge in [-0.2, -0.15) is 5.26 Å². The van der Waals surface area contributed by atoms with Crippen molar-refractivity contribution in [3.05, 3.63) is 41.3 Å². The van der Waals surface area contributed by atoms with Gasteiger partial charge < -0.3 is 9.97 Å². The predicted molar refractivity (Wildman–Crippen MR) is 70.2 cm³/mol. The fourth-order valence-electron chi connectivity index (χ4n) is 1.98. The van der Waals surface area contributed by atoms with Crippen LogP contribution in [0.25, 0.3) is 22.3 Å². The van der Waals surface area contributed by atoms with Crippen molar-refractivity contribution in [3.63, 3.8) is 0 Å². The van der Waals surface area contributed by atoms with Crippen LogP contribution in [-0.2, 0) is 6.42 Å². The lowest BCUT2D eigenvalue weighted by molar-refractivity contribution is 1.16. The number of benzene rings is 1. The third-order valence-corrected chi connectivity index (χ3v) is 3.14. The monoisotopic (exact) mass is 256 g/mol. The molecule has 0 amide bonds. The minimum Gasteiger partial charge on any atom is -0.360 e. The Bertz CT molecular complexity index is 748. The smallest absolute Gasteiger partial charge is 0.151 e. The van der Waals surface area contributed by atoms with E-state index in [4.69, 9.17) is 16.9 Å². The number of fused-ring (bicyclic) bond motifs is 1. The van der Waals surface area contributed by atoms with Crippen LogP contribution in [0, 0.1) is 11.3 Å². The minimum absolute atomic E-state index is 0.230. The molecule has 3 aromatic rings. The second-order valence-electron chi connectivity index (χ2n) is 3.94. The summed E-state index contributed by atoms with van der Waals surface area (Å²) in [5.41, 5.74) is 2.65. The third kappa shape index (κ3) is 1.66. The lowest BCUT2D eigenvalue weighted by Gasteiger charge is -1.93. The first-order valence-electron chi connectivity index (χ1n) is 5.47. The van der Waals surface area contributed by atoms with Gasteiger partial charge in [-0.3, -0.25) is 0 Å². The Morgan fingerprint density at radius 2 is 2.17 bits per heavy atom. The predicted octanol–water partition coefficient (Wildman–Crippen LogP) is 3.28. The molecule has 0 fully saturated rings. The van der Waals surface area contributed by atoms with E-state index in [2.05, 4.69) is 21.0 Å². The van der Waals surface area contributed by atoms with Gasteiger partial charge in [-0.25, -0.2) is 4.98 Å². The Morgan fingerprint density at radius 1 is 1.33 bits per heavy atom. The number of hydrogen-bond acceptors (Lipinski definition) is 2. The van der Waals surface area contributed by atoms with Crippen LogP contribution < -0.4 is 0 Å². The number of halogens is 1. The number of aromatic nitrogens is 3. The van der Waals surface area contributed by atoms with Crippen molar-refractivity contribution in [2.24, 2.45) is 0 Å². The molecule has 2 N–H and O–H groups in total. The highest BCUT2D eigenvalue weighted by atomic mass is 35.5. The van der Waals surface area contributed by atoms with Gasteiger partial charge >= 0.3 is 0 Å². The summed E-state index contributed by atoms with van der Waals surface area (Å²) in [6, 6.07) is 10.0. The zero-order chi connectivity index (χ0) is 12.5. The number of rotatable bonds is 2. The van der Waals surface area contributed by atoms with E-state index in [1.54, 1.807) is 0 Å². The number of aromatic amines is 2. The summed E-state index contributed by atoms with van der Waals surface area (Å²) >= 11 is 5.99. The maximum Gasteiger partial charge on any atom is 0.151 e. The van der Waals surface area contributed by atoms with Gasteiger partial charge in [-0.1, -0.05) is 29.8 Å². The molecule has 88 valence electrons. The molecule has 18 heavy (non-hydrogen) atoms. The first-order valence-corrected chi connectivity index (χ1v) is 5.85. The van der Waals surface area contributed by atoms with Gasteiger partial charge in [0.2, 0.25) is 0 Å². The summed E-state index contributed by atoms with van der Waals surface area (Å²) in [6.45, 7) is 0. The molecular formula is C13H9ClN4. The molecule has 0 spiro atoms. The number of para-hydroxylation sites is 1. The molecule has 0 aliphatic rings. The van der Waals surface area contributed by atoms with E-state index in [0.29, 0.717) is 16.7 Å². The third-order valence-electron chi connectivity index (χ3n) is 2.83. The maximum absolute atomic E-state index is 8.69. The van der Waals surface area contributed by atoms with Gasteiger partial charge in [-0.15, -0.1) is 0 Å². The minimum atomic E-state index is 0.230. The van der Waals surface area contributed by atoms with Crippen molar-refractivity contribution in [1.29, 1.82) is 5.26 Å². The van der Waals surface area contributed by atoms with Crippen molar-refractivity contribution in [3.8, 4) is 17.5 Å². The molecule has 0 bridgehead atoms. The second-order valence-corrected chi connectivity index (χ2v) is 4.30. The largest absolute Gasteiger partial charge is 0.360 e. The summed E-state index contributed by atoms with van der Waals surface area (Å²) in [7, 11) is 0. The number of nitrogens with zero attached hydrogens (tertiary/aromatic N) is 2. The molecule has 0 aliphatic carbocycles. The molecule has 0 atom stereocenters. The first-order chi connectivity index (χ1) is 8.79. The Hall–Kier alpha value is -2.25. The number of nitriles is 1. The van der Waals surface area contributed by atoms with Crippen molar-refractivity contribution >= 4 is 22.5 Å². The molecule has 5 heteroatoms. The molecule has 3 rings (SSSR count). The van der Waals surface area contributed by atoms with Gasteiger partial charge in [0, 0.05) is 22.7 Å². The summed E-state index contributed by atoms with van der Waals surface area (Å²) in [6.07, 6.45) is 2.12. The highest BCUT2D eigenvalue weighted by Gasteiger charge is 2.12. The quantitative estimate of drug-likeness (QED) is 0.739. The topological polar surface area (TPSA) is 68.3 Å². The van der Waals surface area contributed by atoms with Gasteiger partial charge in [0.25, 0.3) is 0 Å². The van der Waals surface area contributed by atoms with E-state index in [0.717, 1.165) is 16.5 Å². The molecule has 0 aliphatic heterocycles. The Labute approximate surface area is 108 Å². The van der Waals surface area contributed by atoms with Crippen molar-refractivity contribution in [2.75, 3.05) is 0 Å². The van der Waals surface area contributed by atoms with Crippen LogP contribution in [0.2, 0.25) is 5.15 Å². The lowest BCUT2D eigenvalue weighted by Crippen LogP contribution is -1.82. The average molecular weight is 257 g/mol. The second kappa shape index (κ2) is 4.21. The standard InChI is InChI=1S/C13H9ClN4/c14-12-11(5-6-15)17-13(18-12)9-7-16-10-4-2-1-3-8(9)10/h1-4,7,16H,5H2,(H,17,18). The molecule has 0 radical (unpaired) electrons. The van der Waals surface area contributed by atoms with E-state index in [9.17, 15) is 0 Å². The average Bonchev–Trinajstić information content (AvgIpc) is 2.94. The highest BCUT2D eigenvalue weighted by Crippen LogP contribution is 2.28. The molecule has 1 aromatic carbocycles. The van der Waals surface area contributed by atoms with E-state index < -0.39 is 0 Å². The summed E-state index contributed by atoms with van der Waals surface area (Å²) in [5, 5.41) is 10.1. The molecule has 2 heterocycles. The van der Waals surface area contributed by atoms with Crippen LogP contribution >= 0.6 is 11.6 Å². The molecule has 0 saturated carbocycles. The zero-order valence-electron chi connectivity index (χ0n) is 9.37. The van der Waals surface area contributed by atoms with Gasteiger partial charge in [0.15, 0.2) is 5.15 Å². The fourth-order valence-corrected chi connectivity index (χ4v) is 2.18. The highest BCUT2D eigenvalue weighted by molar-refractivity contribution is 6.30. The van der Waals surface area contributed by atoms with Crippen molar-refractivity contribution in [1.82, 2.24) is 15.0 Å². The molecule has 0 saturated heterocycles. The zero-order valence-corrected chi connectivity index (χ0v) is 10.1. The lowest BCUT2D eigenvalue weighted by atomic mass is 10.2. The van der Waals surface area contributed by atoms with E-state index in [1.807, 2.05) is 30.5 Å². The van der Waals surface area contributed by atoms with Gasteiger partial charge in [0.05, 0.1) is 18.2 Å². The summed E-state index contributed by atoms with van der Waals surface area (Å²) in [4.78, 5) is 10.5. The summed E-state index contributed by atoms with van der Waals surface area (Å²) in [5.74, 6) is 0.683. The number of hydrogen-bond donors (Lipinski definition) is 2. The van der Waals surface area contributed by atoms with E-state index in [-0.39, 0.29) is 6.42 Å². The summed E-state index contributed by atoms with van der Waals surface area (Å²) < 4.78 is 0. The Kier molecular flexibility index (Phi) is 2.54. The number of H-pyrrole nitrogens is 2. The number of nitrogens with one attached hydrogen (secondary N) is 2. The maximum atomic E-state index is 8.69. The molecular weight excluding hydrogens is 248 g/mol. The van der Waals surface area contributed by atoms with Crippen molar-refractivity contribution < 1.29 is 0 Å². The fraction of sp³-hybridized carbons (Fsp3) is 0.0769. The SMILES string of the molecule is N#CCc1[nH]c(-c2c[nH]c3ccccc23)nc1Cl. The van der Waals surface area contributed by atoms with Crippen LogP contribution in [0.1, 0.15) is 5.69 Å².